The van der Waals surface area contributed by atoms with Gasteiger partial charge in [0.1, 0.15) is 0 Å². The van der Waals surface area contributed by atoms with Crippen molar-refractivity contribution in [2.24, 2.45) is 0 Å². The van der Waals surface area contributed by atoms with E-state index in [-0.39, 0.29) is 6.10 Å². The molecule has 0 radical (unpaired) electrons. The van der Waals surface area contributed by atoms with E-state index in [0.29, 0.717) is 0 Å². The van der Waals surface area contributed by atoms with Gasteiger partial charge in [0.15, 0.2) is 0 Å². The van der Waals surface area contributed by atoms with Crippen molar-refractivity contribution in [1.82, 2.24) is 5.32 Å². The Hall–Kier alpha value is -0.0800. The lowest BCUT2D eigenvalue weighted by molar-refractivity contribution is 0.157. The zero-order valence-electron chi connectivity index (χ0n) is 8.47. The van der Waals surface area contributed by atoms with Gasteiger partial charge >= 0.3 is 0 Å². The summed E-state index contributed by atoms with van der Waals surface area (Å²) >= 11 is 0. The maximum absolute atomic E-state index is 9.23. The topological polar surface area (TPSA) is 32.3 Å². The van der Waals surface area contributed by atoms with Crippen LogP contribution in [-0.4, -0.2) is 24.3 Å². The number of unbranched alkanes of at least 4 members (excludes halogenated alkanes) is 1. The summed E-state index contributed by atoms with van der Waals surface area (Å²) in [5.74, 6) is 0. The van der Waals surface area contributed by atoms with E-state index in [2.05, 4.69) is 12.2 Å². The number of nitrogens with one attached hydrogen (secondary N) is 1. The van der Waals surface area contributed by atoms with Gasteiger partial charge in [0, 0.05) is 0 Å². The third kappa shape index (κ3) is 8.02. The van der Waals surface area contributed by atoms with Crippen molar-refractivity contribution in [1.29, 1.82) is 0 Å². The van der Waals surface area contributed by atoms with E-state index in [9.17, 15) is 5.11 Å². The third-order valence-electron chi connectivity index (χ3n) is 2.07. The van der Waals surface area contributed by atoms with Crippen LogP contribution in [0.4, 0.5) is 0 Å². The number of hydrogen-bond donors (Lipinski definition) is 2. The molecule has 0 heterocycles. The first kappa shape index (κ1) is 11.9. The smallest absolute Gasteiger partial charge is 0.0538 e. The molecule has 1 atom stereocenters. The fraction of sp³-hybridized carbons (Fsp3) is 1.00. The van der Waals surface area contributed by atoms with Crippen molar-refractivity contribution in [3.63, 3.8) is 0 Å². The number of rotatable bonds is 8. The largest absolute Gasteiger partial charge is 0.393 e. The normalized spacial score (nSPS) is 13.2. The average molecular weight is 173 g/mol. The van der Waals surface area contributed by atoms with Gasteiger partial charge < -0.3 is 10.4 Å². The van der Waals surface area contributed by atoms with Crippen LogP contribution >= 0.6 is 0 Å². The zero-order chi connectivity index (χ0) is 9.23. The molecule has 0 aliphatic carbocycles. The fourth-order valence-electron chi connectivity index (χ4n) is 1.09. The Kier molecular flexibility index (Phi) is 8.95. The van der Waals surface area contributed by atoms with Crippen LogP contribution in [0.2, 0.25) is 0 Å². The van der Waals surface area contributed by atoms with E-state index in [0.717, 1.165) is 32.4 Å². The molecule has 1 unspecified atom stereocenters. The van der Waals surface area contributed by atoms with E-state index < -0.39 is 0 Å². The number of aliphatic hydroxyl groups is 1. The average Bonchev–Trinajstić information content (AvgIpc) is 2.10. The Morgan fingerprint density at radius 1 is 1.17 bits per heavy atom. The number of aliphatic hydroxyl groups excluding tert-OH is 1. The van der Waals surface area contributed by atoms with Crippen LogP contribution in [0.3, 0.4) is 0 Å². The molecule has 2 nitrogen and oxygen atoms in total. The molecular formula is C10H23NO. The maximum Gasteiger partial charge on any atom is 0.0538 e. The Labute approximate surface area is 76.4 Å². The molecule has 0 amide bonds. The van der Waals surface area contributed by atoms with Gasteiger partial charge in [0.2, 0.25) is 0 Å². The minimum absolute atomic E-state index is 0.0852. The van der Waals surface area contributed by atoms with Crippen LogP contribution < -0.4 is 5.32 Å². The summed E-state index contributed by atoms with van der Waals surface area (Å²) in [6, 6.07) is 0. The molecule has 0 aromatic rings. The summed E-state index contributed by atoms with van der Waals surface area (Å²) in [5, 5.41) is 12.6. The van der Waals surface area contributed by atoms with Gasteiger partial charge in [-0.25, -0.2) is 0 Å². The van der Waals surface area contributed by atoms with Crippen LogP contribution in [0.5, 0.6) is 0 Å². The summed E-state index contributed by atoms with van der Waals surface area (Å²) in [4.78, 5) is 0. The molecule has 0 spiro atoms. The predicted octanol–water partition coefficient (Wildman–Crippen LogP) is 1.93. The molecule has 74 valence electrons. The molecular weight excluding hydrogens is 150 g/mol. The Bertz CT molecular complexity index is 85.9. The Balaban J connectivity index is 2.90. The van der Waals surface area contributed by atoms with Crippen molar-refractivity contribution in [3.05, 3.63) is 0 Å². The summed E-state index contributed by atoms with van der Waals surface area (Å²) in [5.41, 5.74) is 0. The lowest BCUT2D eigenvalue weighted by Crippen LogP contribution is -2.18. The second-order valence-electron chi connectivity index (χ2n) is 3.31. The summed E-state index contributed by atoms with van der Waals surface area (Å²) in [6.07, 6.45) is 5.35. The summed E-state index contributed by atoms with van der Waals surface area (Å²) in [7, 11) is 0. The molecule has 0 aromatic carbocycles. The molecule has 0 bridgehead atoms. The van der Waals surface area contributed by atoms with E-state index >= 15 is 0 Å². The van der Waals surface area contributed by atoms with Gasteiger partial charge in [0.25, 0.3) is 0 Å². The molecule has 2 heteroatoms. The van der Waals surface area contributed by atoms with Crippen molar-refractivity contribution < 1.29 is 5.11 Å². The first-order chi connectivity index (χ1) is 5.81. The highest BCUT2D eigenvalue weighted by atomic mass is 16.3. The van der Waals surface area contributed by atoms with Crippen LogP contribution in [-0.2, 0) is 0 Å². The quantitative estimate of drug-likeness (QED) is 0.550. The first-order valence-corrected chi connectivity index (χ1v) is 5.20. The van der Waals surface area contributed by atoms with E-state index in [1.54, 1.807) is 0 Å². The molecule has 0 saturated carbocycles. The molecule has 0 aliphatic heterocycles. The molecule has 2 N–H and O–H groups in total. The lowest BCUT2D eigenvalue weighted by Gasteiger charge is -2.07. The minimum atomic E-state index is -0.0852. The molecule has 0 rings (SSSR count). The van der Waals surface area contributed by atoms with Crippen molar-refractivity contribution in [2.75, 3.05) is 13.1 Å². The monoisotopic (exact) mass is 173 g/mol. The summed E-state index contributed by atoms with van der Waals surface area (Å²) < 4.78 is 0. The standard InChI is InChI=1S/C10H23NO/c1-3-5-8-11-9-6-7-10(12)4-2/h10-12H,3-9H2,1-2H3. The van der Waals surface area contributed by atoms with Crippen molar-refractivity contribution >= 4 is 0 Å². The van der Waals surface area contributed by atoms with E-state index in [1.165, 1.54) is 12.8 Å². The van der Waals surface area contributed by atoms with Crippen LogP contribution in [0.15, 0.2) is 0 Å². The highest BCUT2D eigenvalue weighted by Gasteiger charge is 1.98. The van der Waals surface area contributed by atoms with Gasteiger partial charge in [-0.1, -0.05) is 20.3 Å². The molecule has 12 heavy (non-hydrogen) atoms. The van der Waals surface area contributed by atoms with Gasteiger partial charge in [-0.15, -0.1) is 0 Å². The van der Waals surface area contributed by atoms with Crippen molar-refractivity contribution in [3.8, 4) is 0 Å². The van der Waals surface area contributed by atoms with Crippen LogP contribution in [0.25, 0.3) is 0 Å². The molecule has 0 saturated heterocycles. The fourth-order valence-corrected chi connectivity index (χ4v) is 1.09. The van der Waals surface area contributed by atoms with Gasteiger partial charge in [-0.3, -0.25) is 0 Å². The zero-order valence-corrected chi connectivity index (χ0v) is 8.47. The Morgan fingerprint density at radius 2 is 1.83 bits per heavy atom. The Morgan fingerprint density at radius 3 is 2.42 bits per heavy atom. The van der Waals surface area contributed by atoms with Gasteiger partial charge in [-0.2, -0.15) is 0 Å². The predicted molar refractivity (Wildman–Crippen MR) is 53.3 cm³/mol. The highest BCUT2D eigenvalue weighted by molar-refractivity contribution is 4.54. The van der Waals surface area contributed by atoms with Crippen LogP contribution in [0.1, 0.15) is 46.0 Å². The second-order valence-corrected chi connectivity index (χ2v) is 3.31. The third-order valence-corrected chi connectivity index (χ3v) is 2.07. The van der Waals surface area contributed by atoms with Gasteiger partial charge in [-0.05, 0) is 38.8 Å². The van der Waals surface area contributed by atoms with Gasteiger partial charge in [0.05, 0.1) is 6.10 Å². The lowest BCUT2D eigenvalue weighted by atomic mass is 10.1. The SMILES string of the molecule is CCCCNCCCC(O)CC. The minimum Gasteiger partial charge on any atom is -0.393 e. The first-order valence-electron chi connectivity index (χ1n) is 5.20. The highest BCUT2D eigenvalue weighted by Crippen LogP contribution is 1.99. The summed E-state index contributed by atoms with van der Waals surface area (Å²) in [6.45, 7) is 6.40. The molecule has 0 fully saturated rings. The molecule has 0 aliphatic rings. The van der Waals surface area contributed by atoms with E-state index in [4.69, 9.17) is 0 Å². The van der Waals surface area contributed by atoms with Crippen molar-refractivity contribution in [2.45, 2.75) is 52.1 Å². The molecule has 0 aromatic heterocycles. The van der Waals surface area contributed by atoms with E-state index in [1.807, 2.05) is 6.92 Å². The second kappa shape index (κ2) is 9.01. The number of hydrogen-bond acceptors (Lipinski definition) is 2. The maximum atomic E-state index is 9.23. The van der Waals surface area contributed by atoms with Crippen LogP contribution in [0, 0.1) is 0 Å².